The first kappa shape index (κ1) is 17.0. The molecule has 4 heteroatoms. The van der Waals surface area contributed by atoms with Crippen LogP contribution in [0.15, 0.2) is 72.5 Å². The van der Waals surface area contributed by atoms with E-state index in [4.69, 9.17) is 9.47 Å². The highest BCUT2D eigenvalue weighted by molar-refractivity contribution is 5.92. The molecule has 0 unspecified atom stereocenters. The normalized spacial score (nSPS) is 19.7. The summed E-state index contributed by atoms with van der Waals surface area (Å²) < 4.78 is 10.3. The van der Waals surface area contributed by atoms with E-state index in [0.29, 0.717) is 6.42 Å². The van der Waals surface area contributed by atoms with Gasteiger partial charge in [-0.05, 0) is 30.5 Å². The van der Waals surface area contributed by atoms with Gasteiger partial charge in [0.1, 0.15) is 0 Å². The van der Waals surface area contributed by atoms with Crippen LogP contribution in [0.3, 0.4) is 0 Å². The van der Waals surface area contributed by atoms with E-state index in [-0.39, 0.29) is 24.2 Å². The van der Waals surface area contributed by atoms with Crippen LogP contribution in [0, 0.1) is 5.92 Å². The van der Waals surface area contributed by atoms with Gasteiger partial charge >= 0.3 is 11.9 Å². The number of ether oxygens (including phenoxy) is 2. The number of esters is 2. The molecule has 0 bridgehead atoms. The molecule has 3 rings (SSSR count). The van der Waals surface area contributed by atoms with E-state index in [1.54, 1.807) is 13.0 Å². The Morgan fingerprint density at radius 1 is 1.04 bits per heavy atom. The van der Waals surface area contributed by atoms with Gasteiger partial charge in [0.05, 0.1) is 12.5 Å². The molecule has 1 heterocycles. The summed E-state index contributed by atoms with van der Waals surface area (Å²) >= 11 is 0. The summed E-state index contributed by atoms with van der Waals surface area (Å²) in [5.41, 5.74) is 2.03. The molecule has 2 aromatic carbocycles. The number of rotatable bonds is 5. The number of benzene rings is 2. The average Bonchev–Trinajstić information content (AvgIpc) is 2.65. The lowest BCUT2D eigenvalue weighted by Crippen LogP contribution is -2.32. The first-order valence-corrected chi connectivity index (χ1v) is 8.38. The van der Waals surface area contributed by atoms with E-state index in [2.05, 4.69) is 0 Å². The van der Waals surface area contributed by atoms with E-state index in [1.165, 1.54) is 0 Å². The zero-order valence-corrected chi connectivity index (χ0v) is 14.1. The van der Waals surface area contributed by atoms with Crippen LogP contribution >= 0.6 is 0 Å². The summed E-state index contributed by atoms with van der Waals surface area (Å²) in [6, 6.07) is 19.5. The minimum Gasteiger partial charge on any atom is -0.460 e. The number of carbonyl (C=O) groups excluding carboxylic acids is 2. The van der Waals surface area contributed by atoms with Gasteiger partial charge in [-0.1, -0.05) is 60.7 Å². The van der Waals surface area contributed by atoms with Crippen LogP contribution in [0.25, 0.3) is 0 Å². The van der Waals surface area contributed by atoms with Crippen LogP contribution in [0.2, 0.25) is 0 Å². The van der Waals surface area contributed by atoms with Crippen molar-refractivity contribution in [3.63, 3.8) is 0 Å². The molecule has 0 amide bonds. The lowest BCUT2D eigenvalue weighted by molar-refractivity contribution is -0.155. The molecule has 0 fully saturated rings. The van der Waals surface area contributed by atoms with Crippen molar-refractivity contribution in [1.82, 2.24) is 0 Å². The zero-order chi connectivity index (χ0) is 17.6. The molecule has 0 radical (unpaired) electrons. The number of hydrogen-bond donors (Lipinski definition) is 0. The highest BCUT2D eigenvalue weighted by Crippen LogP contribution is 2.35. The molecule has 0 saturated heterocycles. The fourth-order valence-electron chi connectivity index (χ4n) is 3.04. The maximum Gasteiger partial charge on any atom is 0.374 e. The van der Waals surface area contributed by atoms with Gasteiger partial charge in [-0.15, -0.1) is 0 Å². The van der Waals surface area contributed by atoms with Gasteiger partial charge in [0, 0.05) is 5.92 Å². The van der Waals surface area contributed by atoms with Crippen LogP contribution in [-0.2, 0) is 25.5 Å². The Hall–Kier alpha value is -2.88. The minimum absolute atomic E-state index is 0.0231. The van der Waals surface area contributed by atoms with E-state index >= 15 is 0 Å². The van der Waals surface area contributed by atoms with Gasteiger partial charge in [-0.25, -0.2) is 4.79 Å². The largest absolute Gasteiger partial charge is 0.460 e. The molecule has 1 aliphatic heterocycles. The van der Waals surface area contributed by atoms with Gasteiger partial charge in [-0.2, -0.15) is 0 Å². The Balaban J connectivity index is 1.95. The van der Waals surface area contributed by atoms with Crippen molar-refractivity contribution in [2.24, 2.45) is 5.92 Å². The highest BCUT2D eigenvalue weighted by atomic mass is 16.6. The molecule has 25 heavy (non-hydrogen) atoms. The molecule has 0 spiro atoms. The highest BCUT2D eigenvalue weighted by Gasteiger charge is 2.37. The minimum atomic E-state index is -0.602. The molecular formula is C21H20O4. The van der Waals surface area contributed by atoms with E-state index in [9.17, 15) is 9.59 Å². The number of hydrogen-bond acceptors (Lipinski definition) is 4. The third-order valence-electron chi connectivity index (χ3n) is 4.24. The summed E-state index contributed by atoms with van der Waals surface area (Å²) in [5, 5.41) is 0. The molecule has 1 aliphatic rings. The van der Waals surface area contributed by atoms with Crippen LogP contribution in [-0.4, -0.2) is 18.5 Å². The van der Waals surface area contributed by atoms with E-state index in [0.717, 1.165) is 11.1 Å². The van der Waals surface area contributed by atoms with E-state index < -0.39 is 11.9 Å². The SMILES string of the molecule is CCOC(=O)C1=C[C@@H](c2ccccc2)[C@@H](Cc2ccccc2)C(=O)O1. The van der Waals surface area contributed by atoms with Crippen LogP contribution in [0.4, 0.5) is 0 Å². The number of carbonyl (C=O) groups is 2. The van der Waals surface area contributed by atoms with Crippen LogP contribution in [0.1, 0.15) is 24.0 Å². The molecule has 4 nitrogen and oxygen atoms in total. The average molecular weight is 336 g/mol. The molecular weight excluding hydrogens is 316 g/mol. The summed E-state index contributed by atoms with van der Waals surface area (Å²) in [6.07, 6.45) is 2.26. The molecule has 2 atom stereocenters. The molecule has 0 N–H and O–H groups in total. The van der Waals surface area contributed by atoms with Crippen molar-refractivity contribution in [2.45, 2.75) is 19.3 Å². The van der Waals surface area contributed by atoms with Crippen molar-refractivity contribution >= 4 is 11.9 Å². The van der Waals surface area contributed by atoms with Gasteiger partial charge < -0.3 is 9.47 Å². The van der Waals surface area contributed by atoms with Crippen LogP contribution < -0.4 is 0 Å². The standard InChI is InChI=1S/C21H20O4/c1-2-24-21(23)19-14-17(16-11-7-4-8-12-16)18(20(22)25-19)13-15-9-5-3-6-10-15/h3-12,14,17-18H,2,13H2,1H3/t17-,18+/m0/s1. The summed E-state index contributed by atoms with van der Waals surface area (Å²) in [6.45, 7) is 1.95. The maximum atomic E-state index is 12.6. The van der Waals surface area contributed by atoms with Gasteiger partial charge in [-0.3, -0.25) is 4.79 Å². The lowest BCUT2D eigenvalue weighted by atomic mass is 9.80. The summed E-state index contributed by atoms with van der Waals surface area (Å²) in [7, 11) is 0. The fourth-order valence-corrected chi connectivity index (χ4v) is 3.04. The second-order valence-electron chi connectivity index (χ2n) is 5.91. The predicted molar refractivity (Wildman–Crippen MR) is 93.6 cm³/mol. The molecule has 0 aromatic heterocycles. The first-order chi connectivity index (χ1) is 12.2. The van der Waals surface area contributed by atoms with Crippen molar-refractivity contribution < 1.29 is 19.1 Å². The third kappa shape index (κ3) is 3.97. The fraction of sp³-hybridized carbons (Fsp3) is 0.238. The molecule has 0 saturated carbocycles. The van der Waals surface area contributed by atoms with Gasteiger partial charge in [0.2, 0.25) is 5.76 Å². The third-order valence-corrected chi connectivity index (χ3v) is 4.24. The smallest absolute Gasteiger partial charge is 0.374 e. The second kappa shape index (κ2) is 7.79. The first-order valence-electron chi connectivity index (χ1n) is 8.38. The Labute approximate surface area is 147 Å². The molecule has 2 aromatic rings. The van der Waals surface area contributed by atoms with Crippen molar-refractivity contribution in [3.05, 3.63) is 83.6 Å². The lowest BCUT2D eigenvalue weighted by Gasteiger charge is -2.28. The van der Waals surface area contributed by atoms with Gasteiger partial charge in [0.25, 0.3) is 0 Å². The summed E-state index contributed by atoms with van der Waals surface area (Å²) in [4.78, 5) is 24.6. The Morgan fingerprint density at radius 2 is 1.68 bits per heavy atom. The van der Waals surface area contributed by atoms with Crippen molar-refractivity contribution in [2.75, 3.05) is 6.61 Å². The van der Waals surface area contributed by atoms with Gasteiger partial charge in [0.15, 0.2) is 0 Å². The predicted octanol–water partition coefficient (Wildman–Crippen LogP) is 3.63. The maximum absolute atomic E-state index is 12.6. The Bertz CT molecular complexity index is 765. The van der Waals surface area contributed by atoms with Crippen LogP contribution in [0.5, 0.6) is 0 Å². The Kier molecular flexibility index (Phi) is 5.29. The zero-order valence-electron chi connectivity index (χ0n) is 14.1. The van der Waals surface area contributed by atoms with Crippen molar-refractivity contribution in [3.8, 4) is 0 Å². The monoisotopic (exact) mass is 336 g/mol. The number of cyclic esters (lactones) is 1. The Morgan fingerprint density at radius 3 is 2.32 bits per heavy atom. The number of allylic oxidation sites excluding steroid dienone is 1. The summed E-state index contributed by atoms with van der Waals surface area (Å²) in [5.74, 6) is -1.65. The molecule has 128 valence electrons. The second-order valence-corrected chi connectivity index (χ2v) is 5.91. The topological polar surface area (TPSA) is 52.6 Å². The van der Waals surface area contributed by atoms with E-state index in [1.807, 2.05) is 60.7 Å². The van der Waals surface area contributed by atoms with Crippen molar-refractivity contribution in [1.29, 1.82) is 0 Å². The molecule has 0 aliphatic carbocycles. The quantitative estimate of drug-likeness (QED) is 0.783.